The fraction of sp³-hybridized carbons (Fsp3) is 0.522. The minimum Gasteiger partial charge on any atom is -0.466 e. The Morgan fingerprint density at radius 2 is 1.94 bits per heavy atom. The van der Waals surface area contributed by atoms with E-state index in [9.17, 15) is 18.0 Å². The van der Waals surface area contributed by atoms with E-state index in [0.29, 0.717) is 29.8 Å². The van der Waals surface area contributed by atoms with Crippen LogP contribution in [0.25, 0.3) is 0 Å². The van der Waals surface area contributed by atoms with Crippen LogP contribution in [0.1, 0.15) is 56.9 Å². The lowest BCUT2D eigenvalue weighted by Crippen LogP contribution is -2.23. The monoisotopic (exact) mass is 510 g/mol. The van der Waals surface area contributed by atoms with Crippen molar-refractivity contribution in [3.8, 4) is 0 Å². The van der Waals surface area contributed by atoms with Gasteiger partial charge in [0.1, 0.15) is 0 Å². The van der Waals surface area contributed by atoms with Gasteiger partial charge in [-0.3, -0.25) is 9.59 Å². The van der Waals surface area contributed by atoms with Crippen molar-refractivity contribution in [2.45, 2.75) is 60.5 Å². The van der Waals surface area contributed by atoms with Crippen LogP contribution in [0, 0.1) is 5.92 Å². The Hall–Kier alpha value is -1.91. The molecule has 0 spiro atoms. The molecule has 1 atom stereocenters. The van der Waals surface area contributed by atoms with Gasteiger partial charge in [0.2, 0.25) is 5.91 Å². The molecule has 0 saturated heterocycles. The fourth-order valence-electron chi connectivity index (χ4n) is 3.97. The normalized spacial score (nSPS) is 15.3. The number of carbonyl (C=O) groups is 2. The summed E-state index contributed by atoms with van der Waals surface area (Å²) < 4.78 is 29.5. The highest BCUT2D eigenvalue weighted by Gasteiger charge is 2.27. The third-order valence-electron chi connectivity index (χ3n) is 5.64. The van der Waals surface area contributed by atoms with Crippen LogP contribution in [0.5, 0.6) is 0 Å². The highest BCUT2D eigenvalue weighted by atomic mass is 32.2. The highest BCUT2D eigenvalue weighted by Crippen LogP contribution is 2.36. The predicted molar refractivity (Wildman–Crippen MR) is 132 cm³/mol. The van der Waals surface area contributed by atoms with Crippen molar-refractivity contribution >= 4 is 49.9 Å². The van der Waals surface area contributed by atoms with Crippen LogP contribution in [-0.4, -0.2) is 43.9 Å². The first-order valence-electron chi connectivity index (χ1n) is 11.1. The molecule has 1 saturated carbocycles. The van der Waals surface area contributed by atoms with Gasteiger partial charge < -0.3 is 10.1 Å². The minimum atomic E-state index is -3.29. The van der Waals surface area contributed by atoms with Crippen LogP contribution in [-0.2, 0) is 24.2 Å². The summed E-state index contributed by atoms with van der Waals surface area (Å²) in [4.78, 5) is 29.3. The van der Waals surface area contributed by atoms with Gasteiger partial charge in [0, 0.05) is 12.0 Å². The molecule has 2 aromatic rings. The molecule has 1 aromatic carbocycles. The van der Waals surface area contributed by atoms with Crippen LogP contribution in [0.3, 0.4) is 0 Å². The highest BCUT2D eigenvalue weighted by molar-refractivity contribution is 8.01. The van der Waals surface area contributed by atoms with E-state index in [2.05, 4.69) is 10.3 Å². The summed E-state index contributed by atoms with van der Waals surface area (Å²) >= 11 is 2.88. The number of hydrogen-bond donors (Lipinski definition) is 1. The summed E-state index contributed by atoms with van der Waals surface area (Å²) in [6, 6.07) is 6.63. The van der Waals surface area contributed by atoms with Crippen molar-refractivity contribution in [1.29, 1.82) is 0 Å². The summed E-state index contributed by atoms with van der Waals surface area (Å²) in [5.74, 6) is 0.350. The summed E-state index contributed by atoms with van der Waals surface area (Å²) in [5.41, 5.74) is 0.812. The molecule has 10 heteroatoms. The summed E-state index contributed by atoms with van der Waals surface area (Å²) in [6.07, 6.45) is 8.53. The van der Waals surface area contributed by atoms with Gasteiger partial charge in [-0.05, 0) is 37.0 Å². The van der Waals surface area contributed by atoms with E-state index in [4.69, 9.17) is 4.74 Å². The SMILES string of the molecule is CCOC(=O)CCSc1cnc(NC(=O)C(CC2CCCC2)c2ccc(S(C)(=O)=O)cc2)s1. The summed E-state index contributed by atoms with van der Waals surface area (Å²) in [5, 5.41) is 3.46. The van der Waals surface area contributed by atoms with Crippen molar-refractivity contribution < 1.29 is 22.7 Å². The molecule has 180 valence electrons. The first kappa shape index (κ1) is 25.7. The number of amides is 1. The molecule has 1 amide bonds. The maximum atomic E-state index is 13.2. The number of esters is 1. The number of aromatic nitrogens is 1. The quantitative estimate of drug-likeness (QED) is 0.339. The van der Waals surface area contributed by atoms with Gasteiger partial charge in [0.15, 0.2) is 15.0 Å². The first-order valence-corrected chi connectivity index (χ1v) is 14.8. The molecule has 33 heavy (non-hydrogen) atoms. The number of thioether (sulfide) groups is 1. The Bertz CT molecular complexity index is 1040. The molecule has 0 radical (unpaired) electrons. The average Bonchev–Trinajstić information content (AvgIpc) is 3.44. The standard InChI is InChI=1S/C23H30N2O5S3/c1-3-30-20(26)12-13-31-21-15-24-23(32-21)25-22(27)19(14-16-6-4-5-7-16)17-8-10-18(11-9-17)33(2,28)29/h8-11,15-16,19H,3-7,12-14H2,1-2H3,(H,24,25,27). The van der Waals surface area contributed by atoms with Crippen molar-refractivity contribution in [3.05, 3.63) is 36.0 Å². The maximum Gasteiger partial charge on any atom is 0.306 e. The number of sulfone groups is 1. The van der Waals surface area contributed by atoms with Gasteiger partial charge in [-0.15, -0.1) is 11.8 Å². The molecule has 3 rings (SSSR count). The number of thiazole rings is 1. The van der Waals surface area contributed by atoms with Crippen molar-refractivity contribution in [2.24, 2.45) is 5.92 Å². The van der Waals surface area contributed by atoms with Gasteiger partial charge in [-0.2, -0.15) is 0 Å². The van der Waals surface area contributed by atoms with Crippen LogP contribution in [0.2, 0.25) is 0 Å². The van der Waals surface area contributed by atoms with E-state index in [0.717, 1.165) is 29.0 Å². The number of rotatable bonds is 11. The summed E-state index contributed by atoms with van der Waals surface area (Å²) in [6.45, 7) is 2.16. The zero-order valence-corrected chi connectivity index (χ0v) is 21.4. The van der Waals surface area contributed by atoms with Crippen LogP contribution in [0.15, 0.2) is 39.6 Å². The van der Waals surface area contributed by atoms with Crippen LogP contribution in [0.4, 0.5) is 5.13 Å². The summed E-state index contributed by atoms with van der Waals surface area (Å²) in [7, 11) is -3.29. The molecule has 1 fully saturated rings. The van der Waals surface area contributed by atoms with Gasteiger partial charge in [0.05, 0.1) is 34.2 Å². The number of hydrogen-bond acceptors (Lipinski definition) is 8. The van der Waals surface area contributed by atoms with Gasteiger partial charge >= 0.3 is 5.97 Å². The number of ether oxygens (including phenoxy) is 1. The van der Waals surface area contributed by atoms with Crippen LogP contribution < -0.4 is 5.32 Å². The Morgan fingerprint density at radius 1 is 1.24 bits per heavy atom. The van der Waals surface area contributed by atoms with E-state index in [1.54, 1.807) is 37.4 Å². The zero-order valence-electron chi connectivity index (χ0n) is 18.9. The predicted octanol–water partition coefficient (Wildman–Crippen LogP) is 4.89. The second kappa shape index (κ2) is 12.0. The minimum absolute atomic E-state index is 0.133. The largest absolute Gasteiger partial charge is 0.466 e. The van der Waals surface area contributed by atoms with E-state index in [-0.39, 0.29) is 22.7 Å². The van der Waals surface area contributed by atoms with Gasteiger partial charge in [-0.1, -0.05) is 49.2 Å². The van der Waals surface area contributed by atoms with Crippen molar-refractivity contribution in [1.82, 2.24) is 4.98 Å². The van der Waals surface area contributed by atoms with E-state index in [1.807, 2.05) is 0 Å². The fourth-order valence-corrected chi connectivity index (χ4v) is 6.47. The van der Waals surface area contributed by atoms with E-state index < -0.39 is 9.84 Å². The molecule has 1 heterocycles. The zero-order chi connectivity index (χ0) is 23.8. The van der Waals surface area contributed by atoms with Crippen molar-refractivity contribution in [2.75, 3.05) is 23.9 Å². The van der Waals surface area contributed by atoms with Crippen LogP contribution >= 0.6 is 23.1 Å². The Labute approximate surface area is 203 Å². The number of carbonyl (C=O) groups excluding carboxylic acids is 2. The van der Waals surface area contributed by atoms with Crippen molar-refractivity contribution in [3.63, 3.8) is 0 Å². The molecule has 0 aliphatic heterocycles. The third kappa shape index (κ3) is 7.82. The third-order valence-corrected chi connectivity index (χ3v) is 8.88. The molecule has 1 N–H and O–H groups in total. The number of anilines is 1. The number of nitrogens with one attached hydrogen (secondary N) is 1. The molecular formula is C23H30N2O5S3. The first-order chi connectivity index (χ1) is 15.8. The molecule has 1 unspecified atom stereocenters. The van der Waals surface area contributed by atoms with Gasteiger partial charge in [-0.25, -0.2) is 13.4 Å². The second-order valence-electron chi connectivity index (χ2n) is 8.16. The topological polar surface area (TPSA) is 102 Å². The second-order valence-corrected chi connectivity index (χ2v) is 12.6. The molecular weight excluding hydrogens is 480 g/mol. The lowest BCUT2D eigenvalue weighted by atomic mass is 9.87. The molecule has 1 aliphatic rings. The maximum absolute atomic E-state index is 13.2. The molecule has 1 aliphatic carbocycles. The van der Waals surface area contributed by atoms with Gasteiger partial charge in [0.25, 0.3) is 0 Å². The molecule has 1 aromatic heterocycles. The Kier molecular flexibility index (Phi) is 9.34. The lowest BCUT2D eigenvalue weighted by molar-refractivity contribution is -0.142. The average molecular weight is 511 g/mol. The number of nitrogens with zero attached hydrogens (tertiary/aromatic N) is 1. The molecule has 0 bridgehead atoms. The lowest BCUT2D eigenvalue weighted by Gasteiger charge is -2.20. The number of benzene rings is 1. The smallest absolute Gasteiger partial charge is 0.306 e. The van der Waals surface area contributed by atoms with E-state index >= 15 is 0 Å². The van der Waals surface area contributed by atoms with E-state index in [1.165, 1.54) is 42.2 Å². The molecule has 7 nitrogen and oxygen atoms in total. The Balaban J connectivity index is 1.66. The Morgan fingerprint density at radius 3 is 2.58 bits per heavy atom.